The first-order chi connectivity index (χ1) is 5.97. The van der Waals surface area contributed by atoms with Crippen LogP contribution in [0, 0.1) is 0 Å². The van der Waals surface area contributed by atoms with E-state index in [1.807, 2.05) is 0 Å². The number of nitrogens with one attached hydrogen (secondary N) is 1. The van der Waals surface area contributed by atoms with Crippen LogP contribution in [0.5, 0.6) is 0 Å². The maximum atomic E-state index is 10.7. The summed E-state index contributed by atoms with van der Waals surface area (Å²) in [5.74, 6) is -2.74. The first kappa shape index (κ1) is 11.4. The average Bonchev–Trinajstić information content (AvgIpc) is 2.02. The van der Waals surface area contributed by atoms with Gasteiger partial charge in [0.15, 0.2) is 0 Å². The zero-order valence-electron chi connectivity index (χ0n) is 6.82. The van der Waals surface area contributed by atoms with Gasteiger partial charge in [-0.05, 0) is 0 Å². The summed E-state index contributed by atoms with van der Waals surface area (Å²) in [6, 6.07) is -1.20. The summed E-state index contributed by atoms with van der Waals surface area (Å²) in [5.41, 5.74) is 9.77. The normalized spacial score (nSPS) is 11.8. The van der Waals surface area contributed by atoms with Gasteiger partial charge in [-0.15, -0.1) is 0 Å². The molecular weight excluding hydrogens is 178 g/mol. The van der Waals surface area contributed by atoms with Crippen molar-refractivity contribution in [2.24, 2.45) is 11.5 Å². The van der Waals surface area contributed by atoms with Crippen LogP contribution >= 0.6 is 0 Å². The standard InChI is InChI=1S/C6H11N3O4/c7-2-4(10)9-3(6(8)13)1-5(11)12/h3H,1-2,7H2,(H2,8,13)(H,9,10)(H,11,12). The molecule has 0 aliphatic heterocycles. The highest BCUT2D eigenvalue weighted by Gasteiger charge is 2.20. The first-order valence-electron chi connectivity index (χ1n) is 3.48. The summed E-state index contributed by atoms with van der Waals surface area (Å²) in [6.45, 7) is -0.316. The van der Waals surface area contributed by atoms with E-state index in [1.54, 1.807) is 0 Å². The second-order valence-corrected chi connectivity index (χ2v) is 2.32. The van der Waals surface area contributed by atoms with Crippen LogP contribution in [0.2, 0.25) is 0 Å². The fourth-order valence-electron chi connectivity index (χ4n) is 0.651. The topological polar surface area (TPSA) is 136 Å². The van der Waals surface area contributed by atoms with Gasteiger partial charge in [-0.25, -0.2) is 0 Å². The van der Waals surface area contributed by atoms with Crippen LogP contribution in [0.3, 0.4) is 0 Å². The third-order valence-corrected chi connectivity index (χ3v) is 1.24. The van der Waals surface area contributed by atoms with Crippen LogP contribution in [0.15, 0.2) is 0 Å². The molecule has 6 N–H and O–H groups in total. The molecule has 0 rings (SSSR count). The van der Waals surface area contributed by atoms with Gasteiger partial charge in [0.2, 0.25) is 11.8 Å². The fraction of sp³-hybridized carbons (Fsp3) is 0.500. The van der Waals surface area contributed by atoms with Crippen LogP contribution < -0.4 is 16.8 Å². The van der Waals surface area contributed by atoms with Gasteiger partial charge in [-0.1, -0.05) is 0 Å². The Balaban J connectivity index is 4.18. The smallest absolute Gasteiger partial charge is 0.305 e. The highest BCUT2D eigenvalue weighted by molar-refractivity contribution is 5.90. The van der Waals surface area contributed by atoms with E-state index in [0.717, 1.165) is 0 Å². The van der Waals surface area contributed by atoms with Gasteiger partial charge >= 0.3 is 5.97 Å². The molecule has 2 amide bonds. The Morgan fingerprint density at radius 2 is 1.92 bits per heavy atom. The Morgan fingerprint density at radius 1 is 1.38 bits per heavy atom. The molecule has 7 nitrogen and oxygen atoms in total. The van der Waals surface area contributed by atoms with Gasteiger partial charge < -0.3 is 21.9 Å². The van der Waals surface area contributed by atoms with Crippen molar-refractivity contribution in [3.8, 4) is 0 Å². The highest BCUT2D eigenvalue weighted by atomic mass is 16.4. The van der Waals surface area contributed by atoms with Gasteiger partial charge in [-0.3, -0.25) is 14.4 Å². The number of rotatable bonds is 5. The van der Waals surface area contributed by atoms with E-state index in [9.17, 15) is 14.4 Å². The van der Waals surface area contributed by atoms with E-state index in [-0.39, 0.29) is 6.54 Å². The number of carbonyl (C=O) groups excluding carboxylic acids is 2. The van der Waals surface area contributed by atoms with E-state index >= 15 is 0 Å². The van der Waals surface area contributed by atoms with Crippen molar-refractivity contribution in [1.29, 1.82) is 0 Å². The largest absolute Gasteiger partial charge is 0.481 e. The van der Waals surface area contributed by atoms with Gasteiger partial charge in [0.25, 0.3) is 0 Å². The number of aliphatic carboxylic acids is 1. The molecule has 13 heavy (non-hydrogen) atoms. The predicted octanol–water partition coefficient (Wildman–Crippen LogP) is -2.61. The molecule has 0 heterocycles. The third-order valence-electron chi connectivity index (χ3n) is 1.24. The Kier molecular flexibility index (Phi) is 4.45. The Morgan fingerprint density at radius 3 is 2.23 bits per heavy atom. The summed E-state index contributed by atoms with van der Waals surface area (Å²) < 4.78 is 0. The second kappa shape index (κ2) is 5.09. The quantitative estimate of drug-likeness (QED) is 0.375. The van der Waals surface area contributed by atoms with Crippen LogP contribution in [-0.4, -0.2) is 35.5 Å². The van der Waals surface area contributed by atoms with E-state index in [4.69, 9.17) is 16.6 Å². The van der Waals surface area contributed by atoms with Crippen molar-refractivity contribution < 1.29 is 19.5 Å². The van der Waals surface area contributed by atoms with Crippen molar-refractivity contribution >= 4 is 17.8 Å². The van der Waals surface area contributed by atoms with Crippen molar-refractivity contribution in [3.05, 3.63) is 0 Å². The molecule has 1 unspecified atom stereocenters. The molecule has 74 valence electrons. The van der Waals surface area contributed by atoms with Crippen molar-refractivity contribution in [2.75, 3.05) is 6.54 Å². The molecule has 0 fully saturated rings. The Bertz CT molecular complexity index is 228. The number of hydrogen-bond donors (Lipinski definition) is 4. The Labute approximate surface area is 74.1 Å². The molecule has 1 atom stereocenters. The number of carboxylic acid groups (broad SMARTS) is 1. The minimum atomic E-state index is -1.22. The monoisotopic (exact) mass is 189 g/mol. The van der Waals surface area contributed by atoms with Crippen LogP contribution in [0.25, 0.3) is 0 Å². The highest BCUT2D eigenvalue weighted by Crippen LogP contribution is 1.90. The fourth-order valence-corrected chi connectivity index (χ4v) is 0.651. The lowest BCUT2D eigenvalue weighted by Gasteiger charge is -2.11. The minimum Gasteiger partial charge on any atom is -0.481 e. The van der Waals surface area contributed by atoms with E-state index in [2.05, 4.69) is 5.32 Å². The Hall–Kier alpha value is -1.63. The number of nitrogens with two attached hydrogens (primary N) is 2. The SMILES string of the molecule is NCC(=O)NC(CC(=O)O)C(N)=O. The number of primary amides is 1. The van der Waals surface area contributed by atoms with Gasteiger partial charge in [-0.2, -0.15) is 0 Å². The molecule has 7 heteroatoms. The van der Waals surface area contributed by atoms with Crippen molar-refractivity contribution in [1.82, 2.24) is 5.32 Å². The first-order valence-corrected chi connectivity index (χ1v) is 3.48. The van der Waals surface area contributed by atoms with Crippen LogP contribution in [0.1, 0.15) is 6.42 Å². The molecule has 0 aliphatic rings. The van der Waals surface area contributed by atoms with E-state index < -0.39 is 30.2 Å². The van der Waals surface area contributed by atoms with E-state index in [1.165, 1.54) is 0 Å². The molecular formula is C6H11N3O4. The minimum absolute atomic E-state index is 0.316. The van der Waals surface area contributed by atoms with Crippen LogP contribution in [0.4, 0.5) is 0 Å². The molecule has 0 bridgehead atoms. The van der Waals surface area contributed by atoms with Crippen molar-refractivity contribution in [3.63, 3.8) is 0 Å². The maximum absolute atomic E-state index is 10.7. The molecule has 0 aromatic heterocycles. The number of amides is 2. The second-order valence-electron chi connectivity index (χ2n) is 2.32. The molecule has 0 aliphatic carbocycles. The molecule has 0 aromatic carbocycles. The van der Waals surface area contributed by atoms with Gasteiger partial charge in [0.1, 0.15) is 6.04 Å². The third kappa shape index (κ3) is 4.75. The number of carbonyl (C=O) groups is 3. The predicted molar refractivity (Wildman–Crippen MR) is 42.4 cm³/mol. The van der Waals surface area contributed by atoms with Gasteiger partial charge in [0.05, 0.1) is 13.0 Å². The van der Waals surface area contributed by atoms with Gasteiger partial charge in [0, 0.05) is 0 Å². The summed E-state index contributed by atoms with van der Waals surface area (Å²) in [5, 5.41) is 10.4. The molecule has 0 spiro atoms. The summed E-state index contributed by atoms with van der Waals surface area (Å²) in [4.78, 5) is 31.5. The maximum Gasteiger partial charge on any atom is 0.305 e. The molecule has 0 saturated heterocycles. The summed E-state index contributed by atoms with van der Waals surface area (Å²) in [6.07, 6.45) is -0.541. The van der Waals surface area contributed by atoms with Crippen LogP contribution in [-0.2, 0) is 14.4 Å². The summed E-state index contributed by atoms with van der Waals surface area (Å²) in [7, 11) is 0. The lowest BCUT2D eigenvalue weighted by atomic mass is 10.2. The lowest BCUT2D eigenvalue weighted by Crippen LogP contribution is -2.47. The number of hydrogen-bond acceptors (Lipinski definition) is 4. The van der Waals surface area contributed by atoms with E-state index in [0.29, 0.717) is 0 Å². The lowest BCUT2D eigenvalue weighted by molar-refractivity contribution is -0.140. The zero-order chi connectivity index (χ0) is 10.4. The number of carboxylic acids is 1. The molecule has 0 radical (unpaired) electrons. The molecule has 0 saturated carbocycles. The average molecular weight is 189 g/mol. The summed E-state index contributed by atoms with van der Waals surface area (Å²) >= 11 is 0. The zero-order valence-corrected chi connectivity index (χ0v) is 6.82. The molecule has 0 aromatic rings. The van der Waals surface area contributed by atoms with Crippen molar-refractivity contribution in [2.45, 2.75) is 12.5 Å².